The van der Waals surface area contributed by atoms with E-state index in [-0.39, 0.29) is 17.7 Å². The molecule has 6 heteroatoms. The average molecular weight is 298 g/mol. The smallest absolute Gasteiger partial charge is 0.387 e. The van der Waals surface area contributed by atoms with E-state index in [9.17, 15) is 13.6 Å². The van der Waals surface area contributed by atoms with Gasteiger partial charge < -0.3 is 15.4 Å². The molecule has 1 fully saturated rings. The summed E-state index contributed by atoms with van der Waals surface area (Å²) in [5, 5.41) is 0. The summed E-state index contributed by atoms with van der Waals surface area (Å²) >= 11 is 0. The normalized spacial score (nSPS) is 19.4. The Labute approximate surface area is 122 Å². The molecule has 2 N–H and O–H groups in total. The van der Waals surface area contributed by atoms with Crippen molar-refractivity contribution in [1.29, 1.82) is 0 Å². The molecule has 2 rings (SSSR count). The fourth-order valence-corrected chi connectivity index (χ4v) is 2.63. The van der Waals surface area contributed by atoms with Gasteiger partial charge in [-0.15, -0.1) is 0 Å². The number of nitrogens with zero attached hydrogens (tertiary/aromatic N) is 1. The molecule has 1 amide bonds. The van der Waals surface area contributed by atoms with Gasteiger partial charge in [0.25, 0.3) is 5.91 Å². The summed E-state index contributed by atoms with van der Waals surface area (Å²) < 4.78 is 28.5. The molecule has 0 saturated carbocycles. The lowest BCUT2D eigenvalue weighted by molar-refractivity contribution is -0.0498. The Morgan fingerprint density at radius 1 is 1.29 bits per heavy atom. The van der Waals surface area contributed by atoms with Crippen LogP contribution in [-0.4, -0.2) is 36.5 Å². The first-order chi connectivity index (χ1) is 10.1. The SMILES string of the molecule is NCC1CCCCCN1C(=O)c1ccc(OC(F)F)cc1. The number of alkyl halides is 2. The van der Waals surface area contributed by atoms with Gasteiger partial charge in [0.1, 0.15) is 5.75 Å². The second-order valence-electron chi connectivity index (χ2n) is 5.14. The molecule has 1 aromatic carbocycles. The summed E-state index contributed by atoms with van der Waals surface area (Å²) in [6, 6.07) is 5.84. The molecule has 1 atom stereocenters. The summed E-state index contributed by atoms with van der Waals surface area (Å²) in [5.74, 6) is -0.0521. The molecule has 0 spiro atoms. The van der Waals surface area contributed by atoms with Crippen LogP contribution in [0.2, 0.25) is 0 Å². The second kappa shape index (κ2) is 7.36. The number of carbonyl (C=O) groups excluding carboxylic acids is 1. The number of ether oxygens (including phenoxy) is 1. The topological polar surface area (TPSA) is 55.6 Å². The Bertz CT molecular complexity index is 465. The molecule has 21 heavy (non-hydrogen) atoms. The molecule has 4 nitrogen and oxygen atoms in total. The van der Waals surface area contributed by atoms with Gasteiger partial charge >= 0.3 is 6.61 Å². The largest absolute Gasteiger partial charge is 0.435 e. The molecular weight excluding hydrogens is 278 g/mol. The van der Waals surface area contributed by atoms with E-state index < -0.39 is 6.61 Å². The summed E-state index contributed by atoms with van der Waals surface area (Å²) in [7, 11) is 0. The Morgan fingerprint density at radius 3 is 2.62 bits per heavy atom. The van der Waals surface area contributed by atoms with Crippen LogP contribution < -0.4 is 10.5 Å². The number of nitrogens with two attached hydrogens (primary N) is 1. The van der Waals surface area contributed by atoms with E-state index in [0.717, 1.165) is 25.7 Å². The molecule has 0 aliphatic carbocycles. The minimum Gasteiger partial charge on any atom is -0.435 e. The van der Waals surface area contributed by atoms with Crippen molar-refractivity contribution >= 4 is 5.91 Å². The number of hydrogen-bond donors (Lipinski definition) is 1. The van der Waals surface area contributed by atoms with Gasteiger partial charge in [-0.1, -0.05) is 12.8 Å². The van der Waals surface area contributed by atoms with Crippen LogP contribution in [0.5, 0.6) is 5.75 Å². The van der Waals surface area contributed by atoms with Crippen LogP contribution in [-0.2, 0) is 0 Å². The maximum absolute atomic E-state index is 12.5. The van der Waals surface area contributed by atoms with Gasteiger partial charge in [0.2, 0.25) is 0 Å². The summed E-state index contributed by atoms with van der Waals surface area (Å²) in [5.41, 5.74) is 6.23. The Kier molecular flexibility index (Phi) is 5.50. The first-order valence-corrected chi connectivity index (χ1v) is 7.17. The van der Waals surface area contributed by atoms with Crippen LogP contribution in [0.4, 0.5) is 8.78 Å². The third kappa shape index (κ3) is 4.14. The number of hydrogen-bond acceptors (Lipinski definition) is 3. The molecule has 1 saturated heterocycles. The molecule has 1 aliphatic rings. The van der Waals surface area contributed by atoms with E-state index in [0.29, 0.717) is 18.7 Å². The zero-order chi connectivity index (χ0) is 15.2. The van der Waals surface area contributed by atoms with Gasteiger partial charge in [0.15, 0.2) is 0 Å². The van der Waals surface area contributed by atoms with Gasteiger partial charge in [-0.05, 0) is 37.1 Å². The van der Waals surface area contributed by atoms with Crippen molar-refractivity contribution in [2.75, 3.05) is 13.1 Å². The van der Waals surface area contributed by atoms with Crippen molar-refractivity contribution in [3.63, 3.8) is 0 Å². The molecule has 1 aliphatic heterocycles. The third-order valence-electron chi connectivity index (χ3n) is 3.74. The number of carbonyl (C=O) groups is 1. The van der Waals surface area contributed by atoms with E-state index >= 15 is 0 Å². The van der Waals surface area contributed by atoms with Crippen molar-refractivity contribution in [2.45, 2.75) is 38.3 Å². The van der Waals surface area contributed by atoms with E-state index in [1.54, 1.807) is 4.90 Å². The van der Waals surface area contributed by atoms with Gasteiger partial charge in [0, 0.05) is 24.7 Å². The fourth-order valence-electron chi connectivity index (χ4n) is 2.63. The number of benzene rings is 1. The molecule has 1 aromatic rings. The number of amides is 1. The molecule has 0 aromatic heterocycles. The third-order valence-corrected chi connectivity index (χ3v) is 3.74. The Balaban J connectivity index is 2.10. The van der Waals surface area contributed by atoms with Crippen LogP contribution in [0.3, 0.4) is 0 Å². The first kappa shape index (κ1) is 15.7. The van der Waals surface area contributed by atoms with Crippen molar-refractivity contribution < 1.29 is 18.3 Å². The predicted octanol–water partition coefficient (Wildman–Crippen LogP) is 2.63. The highest BCUT2D eigenvalue weighted by Gasteiger charge is 2.25. The zero-order valence-electron chi connectivity index (χ0n) is 11.8. The molecule has 116 valence electrons. The molecule has 0 bridgehead atoms. The fraction of sp³-hybridized carbons (Fsp3) is 0.533. The Morgan fingerprint density at radius 2 is 2.00 bits per heavy atom. The van der Waals surface area contributed by atoms with E-state index in [1.807, 2.05) is 0 Å². The van der Waals surface area contributed by atoms with E-state index in [1.165, 1.54) is 24.3 Å². The number of halogens is 2. The van der Waals surface area contributed by atoms with Crippen LogP contribution in [0.1, 0.15) is 36.0 Å². The highest BCUT2D eigenvalue weighted by Crippen LogP contribution is 2.21. The monoisotopic (exact) mass is 298 g/mol. The number of likely N-dealkylation sites (tertiary alicyclic amines) is 1. The lowest BCUT2D eigenvalue weighted by Gasteiger charge is -2.29. The lowest BCUT2D eigenvalue weighted by atomic mass is 10.1. The molecule has 1 unspecified atom stereocenters. The van der Waals surface area contributed by atoms with Crippen molar-refractivity contribution in [3.05, 3.63) is 29.8 Å². The van der Waals surface area contributed by atoms with Crippen molar-refractivity contribution in [3.8, 4) is 5.75 Å². The molecular formula is C15H20F2N2O2. The maximum atomic E-state index is 12.5. The van der Waals surface area contributed by atoms with Crippen LogP contribution >= 0.6 is 0 Å². The quantitative estimate of drug-likeness (QED) is 0.929. The van der Waals surface area contributed by atoms with Gasteiger partial charge in [0.05, 0.1) is 0 Å². The first-order valence-electron chi connectivity index (χ1n) is 7.17. The van der Waals surface area contributed by atoms with Gasteiger partial charge in [-0.25, -0.2) is 0 Å². The van der Waals surface area contributed by atoms with Crippen molar-refractivity contribution in [2.24, 2.45) is 5.73 Å². The van der Waals surface area contributed by atoms with Crippen LogP contribution in [0.25, 0.3) is 0 Å². The highest BCUT2D eigenvalue weighted by molar-refractivity contribution is 5.94. The Hall–Kier alpha value is -1.69. The standard InChI is InChI=1S/C15H20F2N2O2/c16-15(17)21-13-7-5-11(6-8-13)14(20)19-9-3-1-2-4-12(19)10-18/h5-8,12,15H,1-4,9-10,18H2. The highest BCUT2D eigenvalue weighted by atomic mass is 19.3. The lowest BCUT2D eigenvalue weighted by Crippen LogP contribution is -2.44. The number of rotatable bonds is 4. The van der Waals surface area contributed by atoms with Crippen LogP contribution in [0, 0.1) is 0 Å². The minimum atomic E-state index is -2.86. The van der Waals surface area contributed by atoms with Gasteiger partial charge in [-0.2, -0.15) is 8.78 Å². The second-order valence-corrected chi connectivity index (χ2v) is 5.14. The molecule has 1 heterocycles. The summed E-state index contributed by atoms with van der Waals surface area (Å²) in [6.45, 7) is -1.73. The minimum absolute atomic E-state index is 0.0489. The predicted molar refractivity (Wildman–Crippen MR) is 75.4 cm³/mol. The van der Waals surface area contributed by atoms with Crippen LogP contribution in [0.15, 0.2) is 24.3 Å². The average Bonchev–Trinajstić information content (AvgIpc) is 2.71. The zero-order valence-corrected chi connectivity index (χ0v) is 11.8. The van der Waals surface area contributed by atoms with E-state index in [4.69, 9.17) is 5.73 Å². The summed E-state index contributed by atoms with van der Waals surface area (Å²) in [4.78, 5) is 14.3. The van der Waals surface area contributed by atoms with Crippen molar-refractivity contribution in [1.82, 2.24) is 4.90 Å². The van der Waals surface area contributed by atoms with E-state index in [2.05, 4.69) is 4.74 Å². The molecule has 0 radical (unpaired) electrons. The van der Waals surface area contributed by atoms with Gasteiger partial charge in [-0.3, -0.25) is 4.79 Å². The maximum Gasteiger partial charge on any atom is 0.387 e. The summed E-state index contributed by atoms with van der Waals surface area (Å²) in [6.07, 6.45) is 4.05.